The first-order valence-electron chi connectivity index (χ1n) is 3.92. The molecule has 0 aromatic carbocycles. The van der Waals surface area contributed by atoms with Crippen LogP contribution in [0.1, 0.15) is 12.8 Å². The standard InChI is InChI=1S/C6H12N2O3S/c7-12(10,11)8-3-6(9,4-8)5-1-2-5/h5,9H,1-4H2,(H2,7,10,11). The summed E-state index contributed by atoms with van der Waals surface area (Å²) in [4.78, 5) is 0. The molecule has 1 aliphatic carbocycles. The molecule has 0 atom stereocenters. The zero-order chi connectivity index (χ0) is 8.98. The predicted octanol–water partition coefficient (Wildman–Crippen LogP) is -1.35. The van der Waals surface area contributed by atoms with E-state index in [9.17, 15) is 13.5 Å². The van der Waals surface area contributed by atoms with Crippen molar-refractivity contribution in [2.45, 2.75) is 18.4 Å². The van der Waals surface area contributed by atoms with E-state index >= 15 is 0 Å². The Hall–Kier alpha value is -0.170. The molecule has 0 aromatic rings. The lowest BCUT2D eigenvalue weighted by Gasteiger charge is -2.44. The Labute approximate surface area is 71.3 Å². The summed E-state index contributed by atoms with van der Waals surface area (Å²) in [5, 5.41) is 14.6. The summed E-state index contributed by atoms with van der Waals surface area (Å²) in [7, 11) is -3.57. The molecule has 2 rings (SSSR count). The molecule has 3 N–H and O–H groups in total. The molecule has 0 unspecified atom stereocenters. The van der Waals surface area contributed by atoms with Gasteiger partial charge in [0.05, 0.1) is 5.60 Å². The second kappa shape index (κ2) is 2.20. The molecule has 2 fully saturated rings. The maximum atomic E-state index is 10.7. The predicted molar refractivity (Wildman–Crippen MR) is 42.4 cm³/mol. The maximum absolute atomic E-state index is 10.7. The lowest BCUT2D eigenvalue weighted by molar-refractivity contribution is -0.0764. The lowest BCUT2D eigenvalue weighted by atomic mass is 9.91. The van der Waals surface area contributed by atoms with E-state index in [-0.39, 0.29) is 13.1 Å². The Morgan fingerprint density at radius 1 is 1.42 bits per heavy atom. The number of nitrogens with two attached hydrogens (primary N) is 1. The van der Waals surface area contributed by atoms with Gasteiger partial charge < -0.3 is 5.11 Å². The monoisotopic (exact) mass is 192 g/mol. The first-order valence-corrected chi connectivity index (χ1v) is 5.42. The van der Waals surface area contributed by atoms with Crippen molar-refractivity contribution in [1.29, 1.82) is 0 Å². The summed E-state index contributed by atoms with van der Waals surface area (Å²) in [5.41, 5.74) is -0.771. The fourth-order valence-corrected chi connectivity index (χ4v) is 2.43. The van der Waals surface area contributed by atoms with Crippen molar-refractivity contribution >= 4 is 10.2 Å². The van der Waals surface area contributed by atoms with E-state index < -0.39 is 15.8 Å². The molecule has 5 nitrogen and oxygen atoms in total. The molecular formula is C6H12N2O3S. The van der Waals surface area contributed by atoms with Crippen LogP contribution >= 0.6 is 0 Å². The van der Waals surface area contributed by atoms with Crippen LogP contribution in [0.5, 0.6) is 0 Å². The molecule has 1 saturated heterocycles. The van der Waals surface area contributed by atoms with Crippen LogP contribution in [0, 0.1) is 5.92 Å². The Morgan fingerprint density at radius 3 is 2.25 bits per heavy atom. The zero-order valence-electron chi connectivity index (χ0n) is 6.60. The molecule has 6 heteroatoms. The third-order valence-corrected chi connectivity index (χ3v) is 3.58. The molecule has 1 aliphatic heterocycles. The summed E-state index contributed by atoms with van der Waals surface area (Å²) in [5.74, 6) is 0.301. The van der Waals surface area contributed by atoms with Crippen LogP contribution in [-0.2, 0) is 10.2 Å². The Bertz CT molecular complexity index is 290. The minimum Gasteiger partial charge on any atom is -0.387 e. The van der Waals surface area contributed by atoms with Crippen molar-refractivity contribution in [1.82, 2.24) is 4.31 Å². The van der Waals surface area contributed by atoms with Crippen molar-refractivity contribution in [2.75, 3.05) is 13.1 Å². The van der Waals surface area contributed by atoms with Crippen molar-refractivity contribution in [3.8, 4) is 0 Å². The van der Waals surface area contributed by atoms with Crippen molar-refractivity contribution < 1.29 is 13.5 Å². The highest BCUT2D eigenvalue weighted by atomic mass is 32.2. The van der Waals surface area contributed by atoms with Gasteiger partial charge in [-0.1, -0.05) is 0 Å². The first kappa shape index (κ1) is 8.43. The molecule has 0 bridgehead atoms. The fourth-order valence-electron chi connectivity index (χ4n) is 1.62. The summed E-state index contributed by atoms with van der Waals surface area (Å²) in [6.07, 6.45) is 2.02. The quantitative estimate of drug-likeness (QED) is 0.567. The number of hydrogen-bond donors (Lipinski definition) is 2. The van der Waals surface area contributed by atoms with E-state index in [0.29, 0.717) is 5.92 Å². The number of hydrogen-bond acceptors (Lipinski definition) is 3. The average molecular weight is 192 g/mol. The van der Waals surface area contributed by atoms with Crippen LogP contribution in [0.15, 0.2) is 0 Å². The smallest absolute Gasteiger partial charge is 0.277 e. The van der Waals surface area contributed by atoms with E-state index in [0.717, 1.165) is 17.1 Å². The van der Waals surface area contributed by atoms with Crippen molar-refractivity contribution in [3.05, 3.63) is 0 Å². The fraction of sp³-hybridized carbons (Fsp3) is 1.00. The summed E-state index contributed by atoms with van der Waals surface area (Å²) >= 11 is 0. The van der Waals surface area contributed by atoms with Gasteiger partial charge in [0.15, 0.2) is 0 Å². The summed E-state index contributed by atoms with van der Waals surface area (Å²) < 4.78 is 22.6. The van der Waals surface area contributed by atoms with Crippen LogP contribution in [0.25, 0.3) is 0 Å². The average Bonchev–Trinajstić information content (AvgIpc) is 2.58. The summed E-state index contributed by atoms with van der Waals surface area (Å²) in [6.45, 7) is 0.354. The highest BCUT2D eigenvalue weighted by Crippen LogP contribution is 2.44. The minimum absolute atomic E-state index is 0.177. The van der Waals surface area contributed by atoms with E-state index in [1.807, 2.05) is 0 Å². The topological polar surface area (TPSA) is 83.6 Å². The van der Waals surface area contributed by atoms with Crippen molar-refractivity contribution in [3.63, 3.8) is 0 Å². The minimum atomic E-state index is -3.57. The number of aliphatic hydroxyl groups is 1. The van der Waals surface area contributed by atoms with E-state index in [2.05, 4.69) is 0 Å². The molecule has 1 saturated carbocycles. The molecule has 0 amide bonds. The molecule has 2 aliphatic rings. The third kappa shape index (κ3) is 1.24. The lowest BCUT2D eigenvalue weighted by Crippen LogP contribution is -2.65. The third-order valence-electron chi connectivity index (χ3n) is 2.60. The molecule has 0 aromatic heterocycles. The van der Waals surface area contributed by atoms with Crippen LogP contribution in [0.4, 0.5) is 0 Å². The highest BCUT2D eigenvalue weighted by molar-refractivity contribution is 7.86. The molecule has 0 spiro atoms. The number of nitrogens with zero attached hydrogens (tertiary/aromatic N) is 1. The van der Waals surface area contributed by atoms with Gasteiger partial charge in [-0.3, -0.25) is 0 Å². The van der Waals surface area contributed by atoms with E-state index in [1.54, 1.807) is 0 Å². The van der Waals surface area contributed by atoms with Gasteiger partial charge in [0, 0.05) is 13.1 Å². The van der Waals surface area contributed by atoms with Crippen molar-refractivity contribution in [2.24, 2.45) is 11.1 Å². The van der Waals surface area contributed by atoms with Gasteiger partial charge in [0.2, 0.25) is 0 Å². The van der Waals surface area contributed by atoms with Gasteiger partial charge >= 0.3 is 0 Å². The molecule has 0 radical (unpaired) electrons. The van der Waals surface area contributed by atoms with Gasteiger partial charge in [-0.05, 0) is 18.8 Å². The van der Waals surface area contributed by atoms with Crippen LogP contribution in [-0.4, -0.2) is 36.5 Å². The van der Waals surface area contributed by atoms with Gasteiger partial charge in [-0.2, -0.15) is 12.7 Å². The second-order valence-corrected chi connectivity index (χ2v) is 5.24. The molecule has 1 heterocycles. The van der Waals surface area contributed by atoms with Crippen LogP contribution in [0.2, 0.25) is 0 Å². The largest absolute Gasteiger partial charge is 0.387 e. The van der Waals surface area contributed by atoms with Gasteiger partial charge in [0.1, 0.15) is 0 Å². The molecule has 12 heavy (non-hydrogen) atoms. The Balaban J connectivity index is 1.99. The highest BCUT2D eigenvalue weighted by Gasteiger charge is 2.54. The summed E-state index contributed by atoms with van der Waals surface area (Å²) in [6, 6.07) is 0. The van der Waals surface area contributed by atoms with E-state index in [1.165, 1.54) is 0 Å². The Morgan fingerprint density at radius 2 is 1.92 bits per heavy atom. The second-order valence-electron chi connectivity index (χ2n) is 3.69. The Kier molecular flexibility index (Phi) is 1.54. The normalized spacial score (nSPS) is 29.8. The van der Waals surface area contributed by atoms with Crippen LogP contribution in [0.3, 0.4) is 0 Å². The SMILES string of the molecule is NS(=O)(=O)N1CC(O)(C2CC2)C1. The molecular weight excluding hydrogens is 180 g/mol. The number of β-amino-alcohol motifs (C(OH)–C–C–N with tert-alkyl or cyclic N) is 1. The van der Waals surface area contributed by atoms with Gasteiger partial charge in [-0.25, -0.2) is 5.14 Å². The van der Waals surface area contributed by atoms with Gasteiger partial charge in [0.25, 0.3) is 10.2 Å². The number of rotatable bonds is 2. The molecule has 70 valence electrons. The van der Waals surface area contributed by atoms with Gasteiger partial charge in [-0.15, -0.1) is 0 Å². The first-order chi connectivity index (χ1) is 5.42. The van der Waals surface area contributed by atoms with E-state index in [4.69, 9.17) is 5.14 Å². The maximum Gasteiger partial charge on any atom is 0.277 e. The van der Waals surface area contributed by atoms with Crippen LogP contribution < -0.4 is 5.14 Å². The zero-order valence-corrected chi connectivity index (χ0v) is 7.42.